The van der Waals surface area contributed by atoms with Gasteiger partial charge in [-0.3, -0.25) is 9.69 Å². The second-order valence-electron chi connectivity index (χ2n) is 5.78. The molecule has 1 rings (SSSR count). The number of rotatable bonds is 5. The van der Waals surface area contributed by atoms with E-state index in [-0.39, 0.29) is 23.8 Å². The summed E-state index contributed by atoms with van der Waals surface area (Å²) in [5, 5.41) is 18.2. The Morgan fingerprint density at radius 3 is 2.21 bits per heavy atom. The molecule has 1 aromatic rings. The fourth-order valence-corrected chi connectivity index (χ4v) is 2.26. The van der Waals surface area contributed by atoms with E-state index in [1.807, 2.05) is 12.1 Å². The van der Waals surface area contributed by atoms with Gasteiger partial charge in [0.25, 0.3) is 0 Å². The van der Waals surface area contributed by atoms with E-state index < -0.39 is 5.97 Å². The van der Waals surface area contributed by atoms with Crippen molar-refractivity contribution in [3.05, 3.63) is 29.8 Å². The van der Waals surface area contributed by atoms with Crippen molar-refractivity contribution in [1.82, 2.24) is 4.90 Å². The van der Waals surface area contributed by atoms with E-state index in [1.54, 1.807) is 12.1 Å². The molecule has 4 heteroatoms. The minimum absolute atomic E-state index is 0.0972. The summed E-state index contributed by atoms with van der Waals surface area (Å²) in [6, 6.07) is 7.16. The lowest BCUT2D eigenvalue weighted by Gasteiger charge is -2.40. The summed E-state index contributed by atoms with van der Waals surface area (Å²) in [4.78, 5) is 12.9. The Morgan fingerprint density at radius 1 is 1.26 bits per heavy atom. The van der Waals surface area contributed by atoms with Crippen LogP contribution >= 0.6 is 0 Å². The molecular weight excluding hydrogens is 242 g/mol. The number of nitrogens with zero attached hydrogens (tertiary/aromatic N) is 1. The average Bonchev–Trinajstić information content (AvgIpc) is 2.27. The summed E-state index contributed by atoms with van der Waals surface area (Å²) >= 11 is 0. The number of benzene rings is 1. The molecule has 0 aliphatic heterocycles. The second-order valence-corrected chi connectivity index (χ2v) is 5.78. The quantitative estimate of drug-likeness (QED) is 0.859. The number of carbonyl (C=O) groups is 1. The van der Waals surface area contributed by atoms with E-state index in [1.165, 1.54) is 0 Å². The molecule has 1 aromatic carbocycles. The van der Waals surface area contributed by atoms with Crippen LogP contribution in [0.4, 0.5) is 0 Å². The molecule has 1 atom stereocenters. The Labute approximate surface area is 114 Å². The Balaban J connectivity index is 2.90. The highest BCUT2D eigenvalue weighted by Crippen LogP contribution is 2.28. The van der Waals surface area contributed by atoms with Crippen molar-refractivity contribution in [2.24, 2.45) is 0 Å². The molecule has 0 saturated heterocycles. The molecule has 0 radical (unpaired) electrons. The summed E-state index contributed by atoms with van der Waals surface area (Å²) in [5.41, 5.74) is 0.949. The van der Waals surface area contributed by atoms with Crippen LogP contribution in [-0.2, 0) is 4.79 Å². The molecule has 0 fully saturated rings. The molecule has 0 aromatic heterocycles. The van der Waals surface area contributed by atoms with Crippen molar-refractivity contribution < 1.29 is 15.0 Å². The third-order valence-electron chi connectivity index (χ3n) is 3.27. The zero-order valence-corrected chi connectivity index (χ0v) is 12.1. The minimum Gasteiger partial charge on any atom is -0.508 e. The number of aliphatic carboxylic acids is 1. The molecule has 1 unspecified atom stereocenters. The van der Waals surface area contributed by atoms with Crippen LogP contribution in [0.5, 0.6) is 5.75 Å². The smallest absolute Gasteiger partial charge is 0.304 e. The van der Waals surface area contributed by atoms with Crippen LogP contribution in [0.1, 0.15) is 45.7 Å². The number of hydrogen-bond donors (Lipinski definition) is 2. The first kappa shape index (κ1) is 15.5. The molecule has 0 bridgehead atoms. The average molecular weight is 265 g/mol. The molecular formula is C15H23NO3. The first-order chi connectivity index (χ1) is 8.71. The summed E-state index contributed by atoms with van der Waals surface area (Å²) in [7, 11) is 0. The third kappa shape index (κ3) is 4.56. The molecule has 0 heterocycles. The van der Waals surface area contributed by atoms with Crippen LogP contribution in [-0.4, -0.2) is 33.2 Å². The van der Waals surface area contributed by atoms with Crippen molar-refractivity contribution >= 4 is 5.97 Å². The number of phenols is 1. The van der Waals surface area contributed by atoms with Crippen LogP contribution in [0.2, 0.25) is 0 Å². The van der Waals surface area contributed by atoms with E-state index in [9.17, 15) is 9.90 Å². The predicted molar refractivity (Wildman–Crippen MR) is 75.2 cm³/mol. The topological polar surface area (TPSA) is 60.8 Å². The van der Waals surface area contributed by atoms with Crippen molar-refractivity contribution in [1.29, 1.82) is 0 Å². The molecule has 0 saturated carbocycles. The third-order valence-corrected chi connectivity index (χ3v) is 3.27. The Kier molecular flexibility index (Phi) is 4.95. The Bertz CT molecular complexity index is 420. The van der Waals surface area contributed by atoms with Gasteiger partial charge in [-0.2, -0.15) is 0 Å². The molecule has 106 valence electrons. The van der Waals surface area contributed by atoms with Crippen molar-refractivity contribution in [3.8, 4) is 5.75 Å². The van der Waals surface area contributed by atoms with Gasteiger partial charge in [0.05, 0.1) is 6.42 Å². The maximum atomic E-state index is 10.8. The summed E-state index contributed by atoms with van der Waals surface area (Å²) in [5.74, 6) is -0.545. The van der Waals surface area contributed by atoms with E-state index >= 15 is 0 Å². The van der Waals surface area contributed by atoms with Gasteiger partial charge in [0, 0.05) is 18.1 Å². The summed E-state index contributed by atoms with van der Waals surface area (Å²) in [6.45, 7) is 8.78. The van der Waals surface area contributed by atoms with Gasteiger partial charge in [0.2, 0.25) is 0 Å². The van der Waals surface area contributed by atoms with Crippen LogP contribution < -0.4 is 0 Å². The molecule has 0 amide bonds. The number of aromatic hydroxyl groups is 1. The highest BCUT2D eigenvalue weighted by Gasteiger charge is 2.27. The number of carboxylic acid groups (broad SMARTS) is 1. The lowest BCUT2D eigenvalue weighted by atomic mass is 9.98. The monoisotopic (exact) mass is 265 g/mol. The van der Waals surface area contributed by atoms with Crippen LogP contribution in [0.3, 0.4) is 0 Å². The second kappa shape index (κ2) is 6.06. The van der Waals surface area contributed by atoms with Gasteiger partial charge in [-0.15, -0.1) is 0 Å². The van der Waals surface area contributed by atoms with Gasteiger partial charge in [-0.25, -0.2) is 0 Å². The Hall–Kier alpha value is -1.55. The van der Waals surface area contributed by atoms with Gasteiger partial charge in [0.1, 0.15) is 5.75 Å². The predicted octanol–water partition coefficient (Wildman–Crippen LogP) is 3.03. The fraction of sp³-hybridized carbons (Fsp3) is 0.533. The molecule has 19 heavy (non-hydrogen) atoms. The van der Waals surface area contributed by atoms with E-state index in [2.05, 4.69) is 32.6 Å². The number of hydrogen-bond acceptors (Lipinski definition) is 3. The largest absolute Gasteiger partial charge is 0.508 e. The standard InChI is InChI=1S/C15H23NO3/c1-11(12-5-7-13(17)8-6-12)16(15(2,3)4)10-9-14(18)19/h5-8,11,17H,9-10H2,1-4H3,(H,18,19). The van der Waals surface area contributed by atoms with E-state index in [0.29, 0.717) is 6.54 Å². The van der Waals surface area contributed by atoms with Crippen molar-refractivity contribution in [2.45, 2.75) is 45.7 Å². The SMILES string of the molecule is CC(c1ccc(O)cc1)N(CCC(=O)O)C(C)(C)C. The number of carboxylic acids is 1. The highest BCUT2D eigenvalue weighted by atomic mass is 16.4. The summed E-state index contributed by atoms with van der Waals surface area (Å²) < 4.78 is 0. The molecule has 2 N–H and O–H groups in total. The van der Waals surface area contributed by atoms with Gasteiger partial charge in [0.15, 0.2) is 0 Å². The van der Waals surface area contributed by atoms with Gasteiger partial charge < -0.3 is 10.2 Å². The van der Waals surface area contributed by atoms with Gasteiger partial charge in [-0.05, 0) is 45.4 Å². The molecule has 0 spiro atoms. The lowest BCUT2D eigenvalue weighted by molar-refractivity contribution is -0.137. The van der Waals surface area contributed by atoms with E-state index in [0.717, 1.165) is 5.56 Å². The van der Waals surface area contributed by atoms with E-state index in [4.69, 9.17) is 5.11 Å². The normalized spacial score (nSPS) is 13.5. The lowest BCUT2D eigenvalue weighted by Crippen LogP contribution is -2.44. The van der Waals surface area contributed by atoms with Crippen LogP contribution in [0.25, 0.3) is 0 Å². The zero-order chi connectivity index (χ0) is 14.6. The van der Waals surface area contributed by atoms with Crippen molar-refractivity contribution in [3.63, 3.8) is 0 Å². The highest BCUT2D eigenvalue weighted by molar-refractivity contribution is 5.66. The first-order valence-electron chi connectivity index (χ1n) is 6.49. The van der Waals surface area contributed by atoms with Gasteiger partial charge >= 0.3 is 5.97 Å². The fourth-order valence-electron chi connectivity index (χ4n) is 2.26. The Morgan fingerprint density at radius 2 is 1.79 bits per heavy atom. The maximum Gasteiger partial charge on any atom is 0.304 e. The van der Waals surface area contributed by atoms with Crippen molar-refractivity contribution in [2.75, 3.05) is 6.54 Å². The zero-order valence-electron chi connectivity index (χ0n) is 12.1. The minimum atomic E-state index is -0.785. The van der Waals surface area contributed by atoms with Crippen LogP contribution in [0, 0.1) is 0 Å². The number of phenolic OH excluding ortho intramolecular Hbond substituents is 1. The molecule has 0 aliphatic carbocycles. The molecule has 4 nitrogen and oxygen atoms in total. The summed E-state index contributed by atoms with van der Waals surface area (Å²) in [6.07, 6.45) is 0.125. The molecule has 0 aliphatic rings. The van der Waals surface area contributed by atoms with Gasteiger partial charge in [-0.1, -0.05) is 12.1 Å². The van der Waals surface area contributed by atoms with Crippen LogP contribution in [0.15, 0.2) is 24.3 Å². The first-order valence-corrected chi connectivity index (χ1v) is 6.49. The maximum absolute atomic E-state index is 10.8.